The summed E-state index contributed by atoms with van der Waals surface area (Å²) in [4.78, 5) is 2.40. The Labute approximate surface area is 139 Å². The van der Waals surface area contributed by atoms with Crippen molar-refractivity contribution in [3.05, 3.63) is 71.3 Å². The molecule has 0 saturated heterocycles. The number of hydrogen-bond acceptors (Lipinski definition) is 1. The summed E-state index contributed by atoms with van der Waals surface area (Å²) in [6.07, 6.45) is 2.32. The van der Waals surface area contributed by atoms with E-state index in [4.69, 9.17) is 0 Å². The fourth-order valence-corrected chi connectivity index (χ4v) is 3.06. The highest BCUT2D eigenvalue weighted by atomic mass is 19.1. The predicted molar refractivity (Wildman–Crippen MR) is 94.4 cm³/mol. The maximum atomic E-state index is 13.1. The largest absolute Gasteiger partial charge is 0.299 e. The van der Waals surface area contributed by atoms with Crippen LogP contribution >= 0.6 is 0 Å². The van der Waals surface area contributed by atoms with Gasteiger partial charge in [0.1, 0.15) is 6.17 Å². The first-order chi connectivity index (χ1) is 11.1. The van der Waals surface area contributed by atoms with Crippen molar-refractivity contribution in [1.29, 1.82) is 0 Å². The van der Waals surface area contributed by atoms with Gasteiger partial charge in [-0.15, -0.1) is 0 Å². The quantitative estimate of drug-likeness (QED) is 0.698. The summed E-state index contributed by atoms with van der Waals surface area (Å²) in [7, 11) is 2.19. The van der Waals surface area contributed by atoms with E-state index in [0.29, 0.717) is 12.5 Å². The number of halogens is 1. The lowest BCUT2D eigenvalue weighted by Crippen LogP contribution is -2.28. The third-order valence-electron chi connectivity index (χ3n) is 5.00. The van der Waals surface area contributed by atoms with E-state index in [1.165, 1.54) is 11.1 Å². The lowest BCUT2D eigenvalue weighted by Gasteiger charge is -2.24. The Morgan fingerprint density at radius 3 is 2.30 bits per heavy atom. The summed E-state index contributed by atoms with van der Waals surface area (Å²) in [5.74, 6) is 0.167. The van der Waals surface area contributed by atoms with Crippen LogP contribution in [0, 0.1) is 0 Å². The molecule has 1 saturated carbocycles. The third kappa shape index (κ3) is 4.42. The zero-order valence-corrected chi connectivity index (χ0v) is 14.1. The van der Waals surface area contributed by atoms with Crippen LogP contribution in [-0.4, -0.2) is 24.2 Å². The van der Waals surface area contributed by atoms with Gasteiger partial charge in [-0.05, 0) is 49.9 Å². The first-order valence-electron chi connectivity index (χ1n) is 8.60. The highest BCUT2D eigenvalue weighted by Crippen LogP contribution is 2.43. The molecular weight excluding hydrogens is 285 g/mol. The molecule has 0 bridgehead atoms. The molecule has 0 radical (unpaired) electrons. The van der Waals surface area contributed by atoms with Crippen molar-refractivity contribution in [2.24, 2.45) is 0 Å². The topological polar surface area (TPSA) is 3.24 Å². The lowest BCUT2D eigenvalue weighted by atomic mass is 10.0. The fourth-order valence-electron chi connectivity index (χ4n) is 3.06. The van der Waals surface area contributed by atoms with Crippen LogP contribution in [0.4, 0.5) is 4.39 Å². The normalized spacial score (nSPS) is 21.4. The Morgan fingerprint density at radius 1 is 1.04 bits per heavy atom. The van der Waals surface area contributed by atoms with Gasteiger partial charge in [-0.2, -0.15) is 0 Å². The average Bonchev–Trinajstić information content (AvgIpc) is 3.31. The van der Waals surface area contributed by atoms with Gasteiger partial charge in [-0.1, -0.05) is 54.6 Å². The van der Waals surface area contributed by atoms with Crippen LogP contribution in [0.1, 0.15) is 42.4 Å². The van der Waals surface area contributed by atoms with Gasteiger partial charge in [0.15, 0.2) is 0 Å². The van der Waals surface area contributed by atoms with Crippen LogP contribution in [0.3, 0.4) is 0 Å². The lowest BCUT2D eigenvalue weighted by molar-refractivity contribution is 0.238. The Hall–Kier alpha value is -1.67. The number of hydrogen-bond donors (Lipinski definition) is 0. The van der Waals surface area contributed by atoms with Gasteiger partial charge in [-0.3, -0.25) is 4.90 Å². The molecule has 1 aliphatic carbocycles. The van der Waals surface area contributed by atoms with Gasteiger partial charge in [0, 0.05) is 18.5 Å². The van der Waals surface area contributed by atoms with E-state index < -0.39 is 6.17 Å². The molecule has 0 heterocycles. The van der Waals surface area contributed by atoms with E-state index in [1.54, 1.807) is 0 Å². The second-order valence-electron chi connectivity index (χ2n) is 6.89. The molecule has 0 spiro atoms. The van der Waals surface area contributed by atoms with Gasteiger partial charge in [-0.25, -0.2) is 4.39 Å². The molecule has 23 heavy (non-hydrogen) atoms. The Kier molecular flexibility index (Phi) is 5.12. The molecule has 0 amide bonds. The van der Waals surface area contributed by atoms with Gasteiger partial charge < -0.3 is 0 Å². The van der Waals surface area contributed by atoms with Crippen LogP contribution in [-0.2, 0) is 13.0 Å². The van der Waals surface area contributed by atoms with E-state index in [9.17, 15) is 4.39 Å². The van der Waals surface area contributed by atoms with Crippen LogP contribution in [0.25, 0.3) is 0 Å². The Morgan fingerprint density at radius 2 is 1.70 bits per heavy atom. The molecule has 2 heteroatoms. The van der Waals surface area contributed by atoms with E-state index in [2.05, 4.69) is 73.5 Å². The Bertz CT molecular complexity index is 607. The van der Waals surface area contributed by atoms with Crippen LogP contribution < -0.4 is 0 Å². The number of rotatable bonds is 7. The fraction of sp³-hybridized carbons (Fsp3) is 0.429. The molecule has 3 rings (SSSR count). The van der Waals surface area contributed by atoms with Gasteiger partial charge in [0.2, 0.25) is 0 Å². The molecule has 3 atom stereocenters. The van der Waals surface area contributed by atoms with E-state index in [-0.39, 0.29) is 5.92 Å². The van der Waals surface area contributed by atoms with Crippen LogP contribution in [0.15, 0.2) is 54.6 Å². The summed E-state index contributed by atoms with van der Waals surface area (Å²) in [5, 5.41) is 0. The zero-order valence-electron chi connectivity index (χ0n) is 14.1. The van der Waals surface area contributed by atoms with E-state index in [1.807, 2.05) is 0 Å². The second-order valence-corrected chi connectivity index (χ2v) is 6.89. The summed E-state index contributed by atoms with van der Waals surface area (Å²) < 4.78 is 13.1. The zero-order chi connectivity index (χ0) is 16.2. The molecule has 3 unspecified atom stereocenters. The van der Waals surface area contributed by atoms with Crippen molar-refractivity contribution in [3.8, 4) is 0 Å². The maximum absolute atomic E-state index is 13.1. The summed E-state index contributed by atoms with van der Waals surface area (Å²) in [5.41, 5.74) is 3.87. The molecule has 2 aromatic carbocycles. The molecule has 1 fully saturated rings. The monoisotopic (exact) mass is 311 g/mol. The third-order valence-corrected chi connectivity index (χ3v) is 5.00. The van der Waals surface area contributed by atoms with Crippen molar-refractivity contribution < 1.29 is 4.39 Å². The maximum Gasteiger partial charge on any atom is 0.108 e. The number of alkyl halides is 1. The number of aryl methyl sites for hydroxylation is 1. The van der Waals surface area contributed by atoms with Crippen LogP contribution in [0.5, 0.6) is 0 Å². The standard InChI is InChI=1S/C21H26FN/c1-16(23(2)15-18-6-4-3-5-7-18)8-9-17-10-12-19(13-11-17)20-14-21(20)22/h3-7,10-13,16,20-21H,8-9,14-15H2,1-2H3. The second kappa shape index (κ2) is 7.27. The number of benzene rings is 2. The Balaban J connectivity index is 1.47. The van der Waals surface area contributed by atoms with Gasteiger partial charge in [0.25, 0.3) is 0 Å². The SMILES string of the molecule is CC(CCc1ccc(C2CC2F)cc1)N(C)Cc1ccccc1. The van der Waals surface area contributed by atoms with E-state index >= 15 is 0 Å². The summed E-state index contributed by atoms with van der Waals surface area (Å²) in [6.45, 7) is 3.27. The molecule has 1 nitrogen and oxygen atoms in total. The van der Waals surface area contributed by atoms with Crippen molar-refractivity contribution >= 4 is 0 Å². The summed E-state index contributed by atoms with van der Waals surface area (Å²) >= 11 is 0. The first-order valence-corrected chi connectivity index (χ1v) is 8.60. The van der Waals surface area contributed by atoms with Crippen LogP contribution in [0.2, 0.25) is 0 Å². The smallest absolute Gasteiger partial charge is 0.108 e. The minimum atomic E-state index is -0.604. The molecule has 2 aromatic rings. The van der Waals surface area contributed by atoms with Crippen molar-refractivity contribution in [1.82, 2.24) is 4.90 Å². The first kappa shape index (κ1) is 16.2. The molecule has 1 aliphatic rings. The minimum absolute atomic E-state index is 0.167. The van der Waals surface area contributed by atoms with E-state index in [0.717, 1.165) is 24.9 Å². The predicted octanol–water partition coefficient (Wildman–Crippen LogP) is 4.97. The number of nitrogens with zero attached hydrogens (tertiary/aromatic N) is 1. The highest BCUT2D eigenvalue weighted by molar-refractivity contribution is 5.30. The van der Waals surface area contributed by atoms with Crippen molar-refractivity contribution in [2.75, 3.05) is 7.05 Å². The minimum Gasteiger partial charge on any atom is -0.299 e. The molecule has 122 valence electrons. The molecule has 0 aliphatic heterocycles. The molecule has 0 N–H and O–H groups in total. The van der Waals surface area contributed by atoms with Crippen molar-refractivity contribution in [3.63, 3.8) is 0 Å². The molecule has 0 aromatic heterocycles. The summed E-state index contributed by atoms with van der Waals surface area (Å²) in [6, 6.07) is 19.7. The highest BCUT2D eigenvalue weighted by Gasteiger charge is 2.38. The van der Waals surface area contributed by atoms with Crippen molar-refractivity contribution in [2.45, 2.75) is 50.9 Å². The average molecular weight is 311 g/mol. The molecular formula is C21H26FN. The van der Waals surface area contributed by atoms with Gasteiger partial charge >= 0.3 is 0 Å². The van der Waals surface area contributed by atoms with Gasteiger partial charge in [0.05, 0.1) is 0 Å².